The monoisotopic (exact) mass is 231 g/mol. The molecule has 0 fully saturated rings. The van der Waals surface area contributed by atoms with Crippen LogP contribution in [0.25, 0.3) is 11.5 Å². The lowest BCUT2D eigenvalue weighted by atomic mass is 10.1. The molecule has 0 saturated carbocycles. The fourth-order valence-electron chi connectivity index (χ4n) is 1.61. The molecule has 0 aliphatic rings. The number of oxazole rings is 1. The lowest BCUT2D eigenvalue weighted by Gasteiger charge is -1.99. The third-order valence-electron chi connectivity index (χ3n) is 2.46. The highest BCUT2D eigenvalue weighted by molar-refractivity contribution is 5.85. The molecule has 0 radical (unpaired) electrons. The van der Waals surface area contributed by atoms with Crippen molar-refractivity contribution in [2.75, 3.05) is 0 Å². The summed E-state index contributed by atoms with van der Waals surface area (Å²) in [7, 11) is 0. The molecule has 2 aromatic rings. The summed E-state index contributed by atoms with van der Waals surface area (Å²) in [6.07, 6.45) is 3.28. The SMILES string of the molecule is CCCc1ccc(-c2nc(C(=O)O)co2)cc1. The third kappa shape index (κ3) is 2.53. The molecule has 17 heavy (non-hydrogen) atoms. The predicted octanol–water partition coefficient (Wildman–Crippen LogP) is 2.99. The Hall–Kier alpha value is -2.10. The molecule has 0 unspecified atom stereocenters. The highest BCUT2D eigenvalue weighted by Gasteiger charge is 2.11. The van der Waals surface area contributed by atoms with Crippen LogP contribution in [0.3, 0.4) is 0 Å². The first-order valence-electron chi connectivity index (χ1n) is 5.49. The van der Waals surface area contributed by atoms with E-state index < -0.39 is 5.97 Å². The number of aromatic carboxylic acids is 1. The van der Waals surface area contributed by atoms with E-state index in [9.17, 15) is 4.79 Å². The Bertz CT molecular complexity index is 514. The molecule has 88 valence electrons. The smallest absolute Gasteiger partial charge is 0.357 e. The molecule has 4 heteroatoms. The van der Waals surface area contributed by atoms with E-state index in [-0.39, 0.29) is 5.69 Å². The van der Waals surface area contributed by atoms with Crippen molar-refractivity contribution in [3.8, 4) is 11.5 Å². The number of aromatic nitrogens is 1. The Kier molecular flexibility index (Phi) is 3.23. The quantitative estimate of drug-likeness (QED) is 0.878. The van der Waals surface area contributed by atoms with Crippen molar-refractivity contribution in [3.05, 3.63) is 41.8 Å². The average Bonchev–Trinajstić information content (AvgIpc) is 2.80. The van der Waals surface area contributed by atoms with Crippen molar-refractivity contribution in [2.45, 2.75) is 19.8 Å². The molecule has 2 rings (SSSR count). The zero-order valence-corrected chi connectivity index (χ0v) is 9.51. The number of nitrogens with zero attached hydrogens (tertiary/aromatic N) is 1. The van der Waals surface area contributed by atoms with E-state index in [1.165, 1.54) is 5.56 Å². The number of carbonyl (C=O) groups is 1. The highest BCUT2D eigenvalue weighted by atomic mass is 16.4. The van der Waals surface area contributed by atoms with Crippen LogP contribution in [0.4, 0.5) is 0 Å². The first-order valence-corrected chi connectivity index (χ1v) is 5.49. The van der Waals surface area contributed by atoms with Gasteiger partial charge in [0.15, 0.2) is 5.69 Å². The number of carboxylic acids is 1. The Balaban J connectivity index is 2.23. The molecule has 1 N–H and O–H groups in total. The van der Waals surface area contributed by atoms with Gasteiger partial charge >= 0.3 is 5.97 Å². The van der Waals surface area contributed by atoms with Crippen LogP contribution in [-0.4, -0.2) is 16.1 Å². The van der Waals surface area contributed by atoms with E-state index in [0.29, 0.717) is 5.89 Å². The summed E-state index contributed by atoms with van der Waals surface area (Å²) < 4.78 is 5.12. The molecule has 1 heterocycles. The minimum absolute atomic E-state index is 0.0716. The molecule has 4 nitrogen and oxygen atoms in total. The highest BCUT2D eigenvalue weighted by Crippen LogP contribution is 2.19. The van der Waals surface area contributed by atoms with Gasteiger partial charge in [0.05, 0.1) is 0 Å². The van der Waals surface area contributed by atoms with E-state index >= 15 is 0 Å². The van der Waals surface area contributed by atoms with Crippen molar-refractivity contribution in [1.82, 2.24) is 4.98 Å². The number of hydrogen-bond donors (Lipinski definition) is 1. The van der Waals surface area contributed by atoms with E-state index in [0.717, 1.165) is 24.7 Å². The molecular weight excluding hydrogens is 218 g/mol. The fraction of sp³-hybridized carbons (Fsp3) is 0.231. The third-order valence-corrected chi connectivity index (χ3v) is 2.46. The van der Waals surface area contributed by atoms with Crippen LogP contribution in [-0.2, 0) is 6.42 Å². The summed E-state index contributed by atoms with van der Waals surface area (Å²) in [6, 6.07) is 7.79. The van der Waals surface area contributed by atoms with Gasteiger partial charge in [0.25, 0.3) is 0 Å². The number of hydrogen-bond acceptors (Lipinski definition) is 3. The zero-order valence-electron chi connectivity index (χ0n) is 9.51. The average molecular weight is 231 g/mol. The molecular formula is C13H13NO3. The summed E-state index contributed by atoms with van der Waals surface area (Å²) in [5.41, 5.74) is 1.97. The van der Waals surface area contributed by atoms with E-state index in [1.807, 2.05) is 24.3 Å². The maximum absolute atomic E-state index is 10.7. The summed E-state index contributed by atoms with van der Waals surface area (Å²) in [4.78, 5) is 14.6. The van der Waals surface area contributed by atoms with Crippen molar-refractivity contribution in [3.63, 3.8) is 0 Å². The van der Waals surface area contributed by atoms with Gasteiger partial charge in [0.1, 0.15) is 6.26 Å². The molecule has 0 amide bonds. The second-order valence-corrected chi connectivity index (χ2v) is 3.79. The van der Waals surface area contributed by atoms with Crippen LogP contribution < -0.4 is 0 Å². The van der Waals surface area contributed by atoms with Gasteiger partial charge in [-0.15, -0.1) is 0 Å². The van der Waals surface area contributed by atoms with Gasteiger partial charge in [0.2, 0.25) is 5.89 Å². The van der Waals surface area contributed by atoms with Gasteiger partial charge in [-0.25, -0.2) is 9.78 Å². The van der Waals surface area contributed by atoms with Gasteiger partial charge in [-0.3, -0.25) is 0 Å². The van der Waals surface area contributed by atoms with E-state index in [2.05, 4.69) is 11.9 Å². The lowest BCUT2D eigenvalue weighted by Crippen LogP contribution is -1.95. The Morgan fingerprint density at radius 3 is 2.59 bits per heavy atom. The molecule has 0 aliphatic heterocycles. The number of rotatable bonds is 4. The summed E-state index contributed by atoms with van der Waals surface area (Å²) >= 11 is 0. The van der Waals surface area contributed by atoms with Crippen molar-refractivity contribution >= 4 is 5.97 Å². The van der Waals surface area contributed by atoms with Crippen LogP contribution in [0.2, 0.25) is 0 Å². The number of benzene rings is 1. The van der Waals surface area contributed by atoms with Crippen LogP contribution in [0.15, 0.2) is 34.9 Å². The second-order valence-electron chi connectivity index (χ2n) is 3.79. The molecule has 1 aromatic carbocycles. The summed E-state index contributed by atoms with van der Waals surface area (Å²) in [5, 5.41) is 8.74. The second kappa shape index (κ2) is 4.82. The minimum atomic E-state index is -1.08. The van der Waals surface area contributed by atoms with Crippen molar-refractivity contribution in [1.29, 1.82) is 0 Å². The lowest BCUT2D eigenvalue weighted by molar-refractivity contribution is 0.0690. The zero-order chi connectivity index (χ0) is 12.3. The molecule has 0 saturated heterocycles. The predicted molar refractivity (Wildman–Crippen MR) is 62.9 cm³/mol. The van der Waals surface area contributed by atoms with E-state index in [1.54, 1.807) is 0 Å². The Morgan fingerprint density at radius 2 is 2.06 bits per heavy atom. The Morgan fingerprint density at radius 1 is 1.35 bits per heavy atom. The van der Waals surface area contributed by atoms with Gasteiger partial charge in [-0.2, -0.15) is 0 Å². The van der Waals surface area contributed by atoms with Gasteiger partial charge in [-0.05, 0) is 24.1 Å². The van der Waals surface area contributed by atoms with Crippen LogP contribution in [0.5, 0.6) is 0 Å². The van der Waals surface area contributed by atoms with Gasteiger partial charge in [0, 0.05) is 5.56 Å². The van der Waals surface area contributed by atoms with Crippen LogP contribution in [0.1, 0.15) is 29.4 Å². The first-order chi connectivity index (χ1) is 8.20. The van der Waals surface area contributed by atoms with E-state index in [4.69, 9.17) is 9.52 Å². The minimum Gasteiger partial charge on any atom is -0.476 e. The fourth-order valence-corrected chi connectivity index (χ4v) is 1.61. The topological polar surface area (TPSA) is 63.3 Å². The van der Waals surface area contributed by atoms with Crippen LogP contribution in [0, 0.1) is 0 Å². The molecule has 0 aliphatic carbocycles. The Labute approximate surface area is 98.9 Å². The molecule has 0 spiro atoms. The summed E-state index contributed by atoms with van der Waals surface area (Å²) in [6.45, 7) is 2.13. The van der Waals surface area contributed by atoms with Crippen LogP contribution >= 0.6 is 0 Å². The molecule has 0 atom stereocenters. The summed E-state index contributed by atoms with van der Waals surface area (Å²) in [5.74, 6) is -0.743. The maximum atomic E-state index is 10.7. The van der Waals surface area contributed by atoms with Gasteiger partial charge in [-0.1, -0.05) is 25.5 Å². The molecule has 0 bridgehead atoms. The normalized spacial score (nSPS) is 10.4. The molecule has 1 aromatic heterocycles. The largest absolute Gasteiger partial charge is 0.476 e. The van der Waals surface area contributed by atoms with Gasteiger partial charge < -0.3 is 9.52 Å². The standard InChI is InChI=1S/C13H13NO3/c1-2-3-9-4-6-10(7-5-9)12-14-11(8-17-12)13(15)16/h4-8H,2-3H2,1H3,(H,15,16). The first kappa shape index (κ1) is 11.4. The van der Waals surface area contributed by atoms with Crippen molar-refractivity contribution < 1.29 is 14.3 Å². The number of aryl methyl sites for hydroxylation is 1. The van der Waals surface area contributed by atoms with Crippen molar-refractivity contribution in [2.24, 2.45) is 0 Å². The number of carboxylic acid groups (broad SMARTS) is 1. The maximum Gasteiger partial charge on any atom is 0.357 e.